The number of nitrogens with one attached hydrogen (secondary N) is 1. The molecule has 1 saturated carbocycles. The highest BCUT2D eigenvalue weighted by Gasteiger charge is 2.34. The molecule has 1 unspecified atom stereocenters. The number of hydrogen-bond acceptors (Lipinski definition) is 7. The third-order valence-corrected chi connectivity index (χ3v) is 7.68. The quantitative estimate of drug-likeness (QED) is 0.243. The number of tetrazole rings is 1. The van der Waals surface area contributed by atoms with Gasteiger partial charge in [0.25, 0.3) is 5.56 Å². The maximum absolute atomic E-state index is 13.8. The number of rotatable bonds is 10. The molecule has 6 rings (SSSR count). The second-order valence-corrected chi connectivity index (χ2v) is 10.5. The van der Waals surface area contributed by atoms with Gasteiger partial charge in [-0.05, 0) is 90.5 Å². The molecular formula is C31H34N6O3. The minimum atomic E-state index is -0.513. The van der Waals surface area contributed by atoms with Crippen LogP contribution in [0.15, 0.2) is 76.1 Å². The topological polar surface area (TPSA) is 102 Å². The number of fused-ring (bicyclic) bond motifs is 1. The molecule has 1 aliphatic rings. The molecule has 1 N–H and O–H groups in total. The summed E-state index contributed by atoms with van der Waals surface area (Å²) in [6, 6.07) is 19.7. The van der Waals surface area contributed by atoms with Gasteiger partial charge < -0.3 is 14.1 Å². The Morgan fingerprint density at radius 3 is 2.67 bits per heavy atom. The summed E-state index contributed by atoms with van der Waals surface area (Å²) in [5, 5.41) is 14.1. The molecule has 9 nitrogen and oxygen atoms in total. The molecule has 1 aliphatic carbocycles. The molecule has 0 bridgehead atoms. The van der Waals surface area contributed by atoms with E-state index in [9.17, 15) is 4.79 Å². The second kappa shape index (κ2) is 11.5. The van der Waals surface area contributed by atoms with Crippen LogP contribution in [0.2, 0.25) is 0 Å². The van der Waals surface area contributed by atoms with Crippen LogP contribution in [0.5, 0.6) is 5.75 Å². The predicted octanol–water partition coefficient (Wildman–Crippen LogP) is 5.72. The van der Waals surface area contributed by atoms with Crippen molar-refractivity contribution in [3.05, 3.63) is 106 Å². The van der Waals surface area contributed by atoms with Crippen molar-refractivity contribution in [2.45, 2.75) is 64.7 Å². The molecule has 0 radical (unpaired) electrons. The molecule has 1 atom stereocenters. The van der Waals surface area contributed by atoms with E-state index in [1.165, 1.54) is 0 Å². The Labute approximate surface area is 232 Å². The van der Waals surface area contributed by atoms with E-state index in [1.807, 2.05) is 54.1 Å². The number of aryl methyl sites for hydroxylation is 1. The number of H-pyrrole nitrogens is 1. The summed E-state index contributed by atoms with van der Waals surface area (Å²) in [4.78, 5) is 19.1. The molecule has 0 spiro atoms. The highest BCUT2D eigenvalue weighted by atomic mass is 16.5. The molecular weight excluding hydrogens is 504 g/mol. The molecule has 1 fully saturated rings. The molecule has 0 amide bonds. The zero-order valence-electron chi connectivity index (χ0n) is 22.9. The Balaban J connectivity index is 1.50. The third-order valence-electron chi connectivity index (χ3n) is 7.68. The zero-order chi connectivity index (χ0) is 27.5. The van der Waals surface area contributed by atoms with Crippen LogP contribution in [0.25, 0.3) is 10.9 Å². The van der Waals surface area contributed by atoms with Crippen molar-refractivity contribution in [3.63, 3.8) is 0 Å². The lowest BCUT2D eigenvalue weighted by atomic mass is 10.0. The van der Waals surface area contributed by atoms with Gasteiger partial charge in [0.2, 0.25) is 0 Å². The van der Waals surface area contributed by atoms with E-state index in [2.05, 4.69) is 50.5 Å². The van der Waals surface area contributed by atoms with Crippen LogP contribution >= 0.6 is 0 Å². The average Bonchev–Trinajstić information content (AvgIpc) is 3.74. The molecule has 206 valence electrons. The lowest BCUT2D eigenvalue weighted by Gasteiger charge is -2.31. The Morgan fingerprint density at radius 2 is 1.93 bits per heavy atom. The van der Waals surface area contributed by atoms with Gasteiger partial charge in [-0.25, -0.2) is 4.68 Å². The first kappa shape index (κ1) is 26.0. The molecule has 9 heteroatoms. The normalized spacial score (nSPS) is 14.8. The number of hydrogen-bond donors (Lipinski definition) is 1. The van der Waals surface area contributed by atoms with E-state index in [4.69, 9.17) is 9.15 Å². The molecule has 3 heterocycles. The fourth-order valence-electron chi connectivity index (χ4n) is 5.77. The van der Waals surface area contributed by atoms with E-state index in [0.717, 1.165) is 59.2 Å². The number of ether oxygens (including phenoxy) is 1. The Bertz CT molecular complexity index is 1620. The lowest BCUT2D eigenvalue weighted by molar-refractivity contribution is 0.176. The molecule has 0 aliphatic heterocycles. The fraction of sp³-hybridized carbons (Fsp3) is 0.355. The smallest absolute Gasteiger partial charge is 0.253 e. The Morgan fingerprint density at radius 1 is 1.10 bits per heavy atom. The fourth-order valence-corrected chi connectivity index (χ4v) is 5.77. The van der Waals surface area contributed by atoms with Crippen LogP contribution in [-0.2, 0) is 13.1 Å². The molecule has 2 aromatic carbocycles. The number of aromatic amines is 1. The van der Waals surface area contributed by atoms with E-state index in [0.29, 0.717) is 31.1 Å². The number of pyridine rings is 1. The number of aromatic nitrogens is 5. The minimum absolute atomic E-state index is 0.154. The first-order valence-electron chi connectivity index (χ1n) is 14.0. The summed E-state index contributed by atoms with van der Waals surface area (Å²) in [6.07, 6.45) is 6.01. The van der Waals surface area contributed by atoms with Crippen molar-refractivity contribution in [1.29, 1.82) is 0 Å². The molecule has 40 heavy (non-hydrogen) atoms. The number of benzene rings is 2. The first-order valence-corrected chi connectivity index (χ1v) is 14.0. The summed E-state index contributed by atoms with van der Waals surface area (Å²) < 4.78 is 13.4. The summed E-state index contributed by atoms with van der Waals surface area (Å²) in [5.41, 5.74) is 3.45. The van der Waals surface area contributed by atoms with E-state index in [-0.39, 0.29) is 11.6 Å². The van der Waals surface area contributed by atoms with Crippen molar-refractivity contribution in [1.82, 2.24) is 30.1 Å². The maximum Gasteiger partial charge on any atom is 0.253 e. The molecule has 3 aromatic heterocycles. The van der Waals surface area contributed by atoms with Crippen molar-refractivity contribution < 1.29 is 9.15 Å². The van der Waals surface area contributed by atoms with Gasteiger partial charge in [-0.15, -0.1) is 5.10 Å². The average molecular weight is 539 g/mol. The standard InChI is InChI=1S/C31H34N6O3/c1-3-39-25-13-11-22(12-14-25)19-36(20-26-9-6-16-40-26)29(30-33-34-35-37(30)24-7-4-5-8-24)27-18-23-17-21(2)10-15-28(23)32-31(27)38/h6,9-18,24,29H,3-5,7-8,19-20H2,1-2H3,(H,32,38). The van der Waals surface area contributed by atoms with E-state index >= 15 is 0 Å². The number of furan rings is 1. The monoisotopic (exact) mass is 538 g/mol. The summed E-state index contributed by atoms with van der Waals surface area (Å²) >= 11 is 0. The van der Waals surface area contributed by atoms with Gasteiger partial charge in [-0.3, -0.25) is 9.69 Å². The highest BCUT2D eigenvalue weighted by Crippen LogP contribution is 2.35. The van der Waals surface area contributed by atoms with Crippen molar-refractivity contribution >= 4 is 10.9 Å². The van der Waals surface area contributed by atoms with Gasteiger partial charge in [-0.1, -0.05) is 36.6 Å². The summed E-state index contributed by atoms with van der Waals surface area (Å²) in [5.74, 6) is 2.29. The van der Waals surface area contributed by atoms with Crippen LogP contribution in [0.4, 0.5) is 0 Å². The van der Waals surface area contributed by atoms with Gasteiger partial charge in [0.05, 0.1) is 25.5 Å². The molecule has 5 aromatic rings. The maximum atomic E-state index is 13.8. The summed E-state index contributed by atoms with van der Waals surface area (Å²) in [6.45, 7) is 5.65. The lowest BCUT2D eigenvalue weighted by Crippen LogP contribution is -2.35. The Hall–Kier alpha value is -4.24. The van der Waals surface area contributed by atoms with Gasteiger partial charge in [0.1, 0.15) is 17.6 Å². The predicted molar refractivity (Wildman–Crippen MR) is 152 cm³/mol. The number of nitrogens with zero attached hydrogens (tertiary/aromatic N) is 5. The van der Waals surface area contributed by atoms with Crippen LogP contribution in [0.3, 0.4) is 0 Å². The van der Waals surface area contributed by atoms with E-state index in [1.54, 1.807) is 6.26 Å². The largest absolute Gasteiger partial charge is 0.494 e. The highest BCUT2D eigenvalue weighted by molar-refractivity contribution is 5.79. The summed E-state index contributed by atoms with van der Waals surface area (Å²) in [7, 11) is 0. The zero-order valence-corrected chi connectivity index (χ0v) is 22.9. The van der Waals surface area contributed by atoms with Crippen molar-refractivity contribution in [2.24, 2.45) is 0 Å². The third kappa shape index (κ3) is 5.42. The van der Waals surface area contributed by atoms with Gasteiger partial charge >= 0.3 is 0 Å². The van der Waals surface area contributed by atoms with Crippen LogP contribution in [-0.4, -0.2) is 36.7 Å². The Kier molecular flexibility index (Phi) is 7.46. The van der Waals surface area contributed by atoms with Crippen LogP contribution in [0.1, 0.15) is 73.0 Å². The SMILES string of the molecule is CCOc1ccc(CN(Cc2ccco2)C(c2cc3cc(C)ccc3[nH]c2=O)c2nnnn2C2CCCC2)cc1. The van der Waals surface area contributed by atoms with Crippen molar-refractivity contribution in [3.8, 4) is 5.75 Å². The second-order valence-electron chi connectivity index (χ2n) is 10.5. The van der Waals surface area contributed by atoms with Gasteiger partial charge in [0, 0.05) is 17.6 Å². The first-order chi connectivity index (χ1) is 19.6. The van der Waals surface area contributed by atoms with Crippen LogP contribution < -0.4 is 10.3 Å². The van der Waals surface area contributed by atoms with Gasteiger partial charge in [0.15, 0.2) is 5.82 Å². The molecule has 0 saturated heterocycles. The van der Waals surface area contributed by atoms with Gasteiger partial charge in [-0.2, -0.15) is 0 Å². The van der Waals surface area contributed by atoms with Crippen LogP contribution in [0, 0.1) is 6.92 Å². The van der Waals surface area contributed by atoms with Crippen molar-refractivity contribution in [2.75, 3.05) is 6.61 Å². The van der Waals surface area contributed by atoms with E-state index < -0.39 is 6.04 Å². The minimum Gasteiger partial charge on any atom is -0.494 e.